The van der Waals surface area contributed by atoms with E-state index in [0.29, 0.717) is 11.4 Å². The lowest BCUT2D eigenvalue weighted by molar-refractivity contribution is -0.129. The van der Waals surface area contributed by atoms with Crippen molar-refractivity contribution in [3.05, 3.63) is 21.4 Å². The van der Waals surface area contributed by atoms with Gasteiger partial charge in [0.15, 0.2) is 0 Å². The van der Waals surface area contributed by atoms with Crippen molar-refractivity contribution in [3.63, 3.8) is 0 Å². The van der Waals surface area contributed by atoms with Crippen LogP contribution in [0, 0.1) is 0 Å². The van der Waals surface area contributed by atoms with Gasteiger partial charge in [0.2, 0.25) is 5.91 Å². The molecule has 0 saturated heterocycles. The van der Waals surface area contributed by atoms with Crippen molar-refractivity contribution in [3.8, 4) is 0 Å². The highest BCUT2D eigenvalue weighted by Crippen LogP contribution is 2.27. The van der Waals surface area contributed by atoms with Gasteiger partial charge in [0, 0.05) is 18.3 Å². The van der Waals surface area contributed by atoms with Gasteiger partial charge in [-0.15, -0.1) is 11.3 Å². The number of carboxylic acids is 1. The molecule has 16 heavy (non-hydrogen) atoms. The Bertz CT molecular complexity index is 438. The van der Waals surface area contributed by atoms with Crippen LogP contribution < -0.4 is 0 Å². The van der Waals surface area contributed by atoms with Crippen molar-refractivity contribution in [2.45, 2.75) is 26.3 Å². The Labute approximate surface area is 97.5 Å². The number of fused-ring (bicyclic) bond motifs is 1. The highest BCUT2D eigenvalue weighted by Gasteiger charge is 2.20. The minimum atomic E-state index is -0.882. The number of nitrogens with zero attached hydrogens (tertiary/aromatic N) is 1. The van der Waals surface area contributed by atoms with E-state index in [1.165, 1.54) is 11.3 Å². The maximum Gasteiger partial charge on any atom is 0.345 e. The molecule has 1 aromatic heterocycles. The van der Waals surface area contributed by atoms with Crippen LogP contribution >= 0.6 is 11.3 Å². The fraction of sp³-hybridized carbons (Fsp3) is 0.455. The summed E-state index contributed by atoms with van der Waals surface area (Å²) in [6.07, 6.45) is 1.77. The summed E-state index contributed by atoms with van der Waals surface area (Å²) in [5.41, 5.74) is 1.09. The smallest absolute Gasteiger partial charge is 0.345 e. The second-order valence-electron chi connectivity index (χ2n) is 3.91. The second-order valence-corrected chi connectivity index (χ2v) is 5.05. The Balaban J connectivity index is 2.28. The van der Waals surface area contributed by atoms with Crippen LogP contribution in [0.2, 0.25) is 0 Å². The molecule has 0 fully saturated rings. The molecule has 5 heteroatoms. The highest BCUT2D eigenvalue weighted by molar-refractivity contribution is 7.14. The van der Waals surface area contributed by atoms with E-state index >= 15 is 0 Å². The molecule has 1 aliphatic heterocycles. The van der Waals surface area contributed by atoms with Crippen molar-refractivity contribution in [1.82, 2.24) is 4.90 Å². The van der Waals surface area contributed by atoms with Crippen molar-refractivity contribution in [2.24, 2.45) is 0 Å². The maximum absolute atomic E-state index is 11.3. The molecule has 2 rings (SSSR count). The number of carboxylic acid groups (broad SMARTS) is 1. The summed E-state index contributed by atoms with van der Waals surface area (Å²) in [5.74, 6) is -0.828. The van der Waals surface area contributed by atoms with Gasteiger partial charge in [-0.1, -0.05) is 0 Å². The van der Waals surface area contributed by atoms with E-state index in [1.54, 1.807) is 17.9 Å². The third-order valence-corrected chi connectivity index (χ3v) is 3.91. The fourth-order valence-electron chi connectivity index (χ4n) is 1.90. The Morgan fingerprint density at radius 3 is 2.88 bits per heavy atom. The molecule has 4 nitrogen and oxygen atoms in total. The van der Waals surface area contributed by atoms with Gasteiger partial charge >= 0.3 is 5.97 Å². The molecule has 1 aromatic rings. The number of carbonyl (C=O) groups excluding carboxylic acids is 1. The summed E-state index contributed by atoms with van der Waals surface area (Å²) in [5, 5.41) is 8.91. The van der Waals surface area contributed by atoms with Gasteiger partial charge in [-0.3, -0.25) is 4.79 Å². The van der Waals surface area contributed by atoms with Crippen molar-refractivity contribution in [2.75, 3.05) is 6.54 Å². The molecule has 0 saturated carbocycles. The number of aromatic carboxylic acids is 1. The lowest BCUT2D eigenvalue weighted by Gasteiger charge is -2.17. The van der Waals surface area contributed by atoms with E-state index in [1.807, 2.05) is 0 Å². The van der Waals surface area contributed by atoms with Gasteiger partial charge in [-0.2, -0.15) is 0 Å². The van der Waals surface area contributed by atoms with Gasteiger partial charge in [-0.05, 0) is 24.5 Å². The Morgan fingerprint density at radius 2 is 2.25 bits per heavy atom. The zero-order valence-electron chi connectivity index (χ0n) is 9.02. The quantitative estimate of drug-likeness (QED) is 0.812. The molecule has 1 aliphatic rings. The van der Waals surface area contributed by atoms with Crippen molar-refractivity contribution in [1.29, 1.82) is 0 Å². The van der Waals surface area contributed by atoms with Gasteiger partial charge < -0.3 is 10.0 Å². The normalized spacial score (nSPS) is 15.4. The van der Waals surface area contributed by atoms with Gasteiger partial charge in [0.25, 0.3) is 0 Å². The maximum atomic E-state index is 11.3. The van der Waals surface area contributed by atoms with Crippen LogP contribution in [0.3, 0.4) is 0 Å². The Kier molecular flexibility index (Phi) is 2.96. The highest BCUT2D eigenvalue weighted by atomic mass is 32.1. The molecule has 0 radical (unpaired) electrons. The van der Waals surface area contributed by atoms with Gasteiger partial charge in [0.1, 0.15) is 4.88 Å². The topological polar surface area (TPSA) is 57.6 Å². The molecule has 0 spiro atoms. The first-order valence-electron chi connectivity index (χ1n) is 5.18. The number of amides is 1. The molecule has 2 heterocycles. The fourth-order valence-corrected chi connectivity index (χ4v) is 2.97. The Hall–Kier alpha value is -1.36. The number of thiophene rings is 1. The number of aryl methyl sites for hydroxylation is 1. The molecular weight excluding hydrogens is 226 g/mol. The molecule has 1 amide bonds. The van der Waals surface area contributed by atoms with E-state index in [2.05, 4.69) is 0 Å². The summed E-state index contributed by atoms with van der Waals surface area (Å²) in [7, 11) is 0. The van der Waals surface area contributed by atoms with Crippen molar-refractivity contribution >= 4 is 23.2 Å². The predicted octanol–water partition coefficient (Wildman–Crippen LogP) is 1.74. The molecule has 0 atom stereocenters. The largest absolute Gasteiger partial charge is 0.477 e. The zero-order chi connectivity index (χ0) is 11.7. The molecule has 0 aromatic carbocycles. The van der Waals surface area contributed by atoms with E-state index in [-0.39, 0.29) is 5.91 Å². The third-order valence-electron chi connectivity index (χ3n) is 2.76. The monoisotopic (exact) mass is 239 g/mol. The molecule has 1 N–H and O–H groups in total. The van der Waals surface area contributed by atoms with Crippen LogP contribution in [0.1, 0.15) is 33.5 Å². The third kappa shape index (κ3) is 2.09. The van der Waals surface area contributed by atoms with E-state index in [0.717, 1.165) is 29.8 Å². The molecule has 86 valence electrons. The van der Waals surface area contributed by atoms with Crippen LogP contribution in [0.25, 0.3) is 0 Å². The first kappa shape index (κ1) is 11.1. The molecule has 0 aliphatic carbocycles. The lowest BCUT2D eigenvalue weighted by atomic mass is 10.1. The molecule has 0 bridgehead atoms. The lowest BCUT2D eigenvalue weighted by Crippen LogP contribution is -2.27. The molecule has 0 unspecified atom stereocenters. The average Bonchev–Trinajstić information content (AvgIpc) is 2.50. The van der Waals surface area contributed by atoms with E-state index in [9.17, 15) is 9.59 Å². The number of carbonyl (C=O) groups is 2. The van der Waals surface area contributed by atoms with Crippen LogP contribution in [-0.2, 0) is 17.8 Å². The predicted molar refractivity (Wildman–Crippen MR) is 60.7 cm³/mol. The summed E-state index contributed by atoms with van der Waals surface area (Å²) < 4.78 is 0. The minimum absolute atomic E-state index is 0.0538. The van der Waals surface area contributed by atoms with E-state index < -0.39 is 5.97 Å². The zero-order valence-corrected chi connectivity index (χ0v) is 9.84. The summed E-state index contributed by atoms with van der Waals surface area (Å²) >= 11 is 1.28. The SMILES string of the molecule is CC(=O)N1CCCc2cc(C(=O)O)sc2C1. The van der Waals surface area contributed by atoms with Crippen LogP contribution in [0.5, 0.6) is 0 Å². The first-order valence-corrected chi connectivity index (χ1v) is 6.00. The van der Waals surface area contributed by atoms with E-state index in [4.69, 9.17) is 5.11 Å². The van der Waals surface area contributed by atoms with Gasteiger partial charge in [0.05, 0.1) is 6.54 Å². The van der Waals surface area contributed by atoms with Crippen LogP contribution in [-0.4, -0.2) is 28.4 Å². The molecular formula is C11H13NO3S. The van der Waals surface area contributed by atoms with Crippen LogP contribution in [0.4, 0.5) is 0 Å². The van der Waals surface area contributed by atoms with Gasteiger partial charge in [-0.25, -0.2) is 4.79 Å². The summed E-state index contributed by atoms with van der Waals surface area (Å²) in [4.78, 5) is 25.3. The summed E-state index contributed by atoms with van der Waals surface area (Å²) in [6, 6.07) is 1.74. The van der Waals surface area contributed by atoms with Crippen LogP contribution in [0.15, 0.2) is 6.07 Å². The first-order chi connectivity index (χ1) is 7.58. The number of hydrogen-bond acceptors (Lipinski definition) is 3. The standard InChI is InChI=1S/C11H13NO3S/c1-7(13)12-4-2-3-8-5-9(11(14)15)16-10(8)6-12/h5H,2-4,6H2,1H3,(H,14,15). The minimum Gasteiger partial charge on any atom is -0.477 e. The number of rotatable bonds is 1. The second kappa shape index (κ2) is 4.25. The Morgan fingerprint density at radius 1 is 1.50 bits per heavy atom. The average molecular weight is 239 g/mol. The summed E-state index contributed by atoms with van der Waals surface area (Å²) in [6.45, 7) is 2.87. The number of hydrogen-bond donors (Lipinski definition) is 1. The van der Waals surface area contributed by atoms with Crippen molar-refractivity contribution < 1.29 is 14.7 Å².